The summed E-state index contributed by atoms with van der Waals surface area (Å²) < 4.78 is 33.1. The van der Waals surface area contributed by atoms with Gasteiger partial charge in [0.15, 0.2) is 0 Å². The third-order valence-electron chi connectivity index (χ3n) is 7.96. The Labute approximate surface area is 179 Å². The number of piperidine rings is 1. The van der Waals surface area contributed by atoms with E-state index in [1.54, 1.807) is 42.7 Å². The van der Waals surface area contributed by atoms with Gasteiger partial charge in [-0.15, -0.1) is 0 Å². The van der Waals surface area contributed by atoms with Crippen molar-refractivity contribution in [2.75, 3.05) is 46.9 Å². The van der Waals surface area contributed by atoms with Crippen LogP contribution in [0.4, 0.5) is 0 Å². The van der Waals surface area contributed by atoms with Gasteiger partial charge in [0.25, 0.3) is 0 Å². The third-order valence-corrected chi connectivity index (χ3v) is 9.88. The Bertz CT molecular complexity index is 893. The van der Waals surface area contributed by atoms with Gasteiger partial charge in [-0.25, -0.2) is 8.42 Å². The lowest BCUT2D eigenvalue weighted by Crippen LogP contribution is -2.49. The molecular formula is C22H33N3O4S. The summed E-state index contributed by atoms with van der Waals surface area (Å²) in [5.74, 6) is 1.11. The van der Waals surface area contributed by atoms with Gasteiger partial charge in [-0.2, -0.15) is 4.31 Å². The molecule has 166 valence electrons. The van der Waals surface area contributed by atoms with Gasteiger partial charge in [0.05, 0.1) is 17.4 Å². The van der Waals surface area contributed by atoms with Crippen molar-refractivity contribution in [2.24, 2.45) is 16.7 Å². The summed E-state index contributed by atoms with van der Waals surface area (Å²) in [5.41, 5.74) is -0.260. The average Bonchev–Trinajstić information content (AvgIpc) is 3.30. The molecule has 1 aliphatic carbocycles. The van der Waals surface area contributed by atoms with Crippen LogP contribution in [0.25, 0.3) is 0 Å². The molecule has 0 unspecified atom stereocenters. The lowest BCUT2D eigenvalue weighted by Gasteiger charge is -2.44. The van der Waals surface area contributed by atoms with Crippen LogP contribution in [0, 0.1) is 16.7 Å². The summed E-state index contributed by atoms with van der Waals surface area (Å²) in [6, 6.07) is 6.59. The summed E-state index contributed by atoms with van der Waals surface area (Å²) in [7, 11) is -0.219. The van der Waals surface area contributed by atoms with Gasteiger partial charge in [0.1, 0.15) is 5.75 Å². The number of nitrogens with one attached hydrogen (secondary N) is 1. The molecule has 0 aromatic heterocycles. The van der Waals surface area contributed by atoms with Crippen LogP contribution in [0.3, 0.4) is 0 Å². The third kappa shape index (κ3) is 3.24. The zero-order chi connectivity index (χ0) is 21.6. The fourth-order valence-electron chi connectivity index (χ4n) is 6.19. The lowest BCUT2D eigenvalue weighted by atomic mass is 9.66. The standard InChI is InChI=1S/C22H33N3O4S/c1-4-24-15-19-21(9-10-22(19,16-24)20(26)23-2)11-13-25(14-12-21)30(27,28)18-7-5-17(29-3)6-8-18/h5-8,19H,4,9-16H2,1-3H3,(H,23,26)/t19-,22+/m0/s1. The van der Waals surface area contributed by atoms with E-state index in [2.05, 4.69) is 17.1 Å². The topological polar surface area (TPSA) is 79.0 Å². The number of sulfonamides is 1. The number of methoxy groups -OCH3 is 1. The van der Waals surface area contributed by atoms with Gasteiger partial charge in [0.2, 0.25) is 15.9 Å². The van der Waals surface area contributed by atoms with Crippen molar-refractivity contribution in [3.63, 3.8) is 0 Å². The highest BCUT2D eigenvalue weighted by Gasteiger charge is 2.64. The first-order chi connectivity index (χ1) is 14.3. The van der Waals surface area contributed by atoms with E-state index in [0.29, 0.717) is 29.7 Å². The number of rotatable bonds is 5. The molecular weight excluding hydrogens is 402 g/mol. The molecule has 0 radical (unpaired) electrons. The number of nitrogens with zero attached hydrogens (tertiary/aromatic N) is 2. The maximum absolute atomic E-state index is 13.1. The fraction of sp³-hybridized carbons (Fsp3) is 0.682. The first-order valence-electron chi connectivity index (χ1n) is 10.9. The molecule has 2 heterocycles. The van der Waals surface area contributed by atoms with Crippen molar-refractivity contribution < 1.29 is 17.9 Å². The Hall–Kier alpha value is -1.64. The second kappa shape index (κ2) is 7.80. The van der Waals surface area contributed by atoms with Crippen LogP contribution >= 0.6 is 0 Å². The van der Waals surface area contributed by atoms with Crippen molar-refractivity contribution in [1.82, 2.24) is 14.5 Å². The summed E-state index contributed by atoms with van der Waals surface area (Å²) in [6.07, 6.45) is 3.56. The maximum atomic E-state index is 13.1. The minimum atomic E-state index is -3.52. The van der Waals surface area contributed by atoms with Gasteiger partial charge in [-0.1, -0.05) is 6.92 Å². The molecule has 0 bridgehead atoms. The molecule has 1 spiro atoms. The van der Waals surface area contributed by atoms with Gasteiger partial charge in [-0.3, -0.25) is 4.79 Å². The summed E-state index contributed by atoms with van der Waals surface area (Å²) >= 11 is 0. The highest BCUT2D eigenvalue weighted by atomic mass is 32.2. The molecule has 8 heteroatoms. The van der Waals surface area contributed by atoms with Crippen LogP contribution in [0.5, 0.6) is 5.75 Å². The van der Waals surface area contributed by atoms with Crippen LogP contribution < -0.4 is 10.1 Å². The molecule has 4 rings (SSSR count). The van der Waals surface area contributed by atoms with Gasteiger partial charge < -0.3 is 15.0 Å². The normalized spacial score (nSPS) is 29.1. The summed E-state index contributed by atoms with van der Waals surface area (Å²) in [5, 5.41) is 2.92. The maximum Gasteiger partial charge on any atom is 0.243 e. The van der Waals surface area contributed by atoms with Crippen LogP contribution in [-0.4, -0.2) is 70.4 Å². The smallest absolute Gasteiger partial charge is 0.243 e. The first-order valence-corrected chi connectivity index (χ1v) is 12.3. The van der Waals surface area contributed by atoms with Crippen molar-refractivity contribution in [3.05, 3.63) is 24.3 Å². The second-order valence-electron chi connectivity index (χ2n) is 9.06. The number of fused-ring (bicyclic) bond motifs is 2. The molecule has 2 atom stereocenters. The van der Waals surface area contributed by atoms with Crippen molar-refractivity contribution in [2.45, 2.75) is 37.5 Å². The Kier molecular flexibility index (Phi) is 5.61. The van der Waals surface area contributed by atoms with Gasteiger partial charge in [-0.05, 0) is 67.8 Å². The molecule has 1 N–H and O–H groups in total. The minimum absolute atomic E-state index is 0.0579. The summed E-state index contributed by atoms with van der Waals surface area (Å²) in [6.45, 7) is 5.89. The highest BCUT2D eigenvalue weighted by Crippen LogP contribution is 2.62. The number of ether oxygens (including phenoxy) is 1. The monoisotopic (exact) mass is 435 g/mol. The molecule has 1 aromatic carbocycles. The van der Waals surface area contributed by atoms with Gasteiger partial charge in [0, 0.05) is 33.2 Å². The zero-order valence-electron chi connectivity index (χ0n) is 18.2. The lowest BCUT2D eigenvalue weighted by molar-refractivity contribution is -0.132. The molecule has 1 amide bonds. The Balaban J connectivity index is 1.53. The van der Waals surface area contributed by atoms with E-state index in [0.717, 1.165) is 45.3 Å². The van der Waals surface area contributed by atoms with E-state index in [4.69, 9.17) is 4.74 Å². The number of carbonyl (C=O) groups excluding carboxylic acids is 1. The number of likely N-dealkylation sites (tertiary alicyclic amines) is 1. The van der Waals surface area contributed by atoms with Gasteiger partial charge >= 0.3 is 0 Å². The Morgan fingerprint density at radius 1 is 1.17 bits per heavy atom. The van der Waals surface area contributed by atoms with E-state index in [1.807, 2.05) is 0 Å². The summed E-state index contributed by atoms with van der Waals surface area (Å²) in [4.78, 5) is 15.6. The average molecular weight is 436 g/mol. The van der Waals surface area contributed by atoms with E-state index < -0.39 is 10.0 Å². The second-order valence-corrected chi connectivity index (χ2v) is 11.0. The zero-order valence-corrected chi connectivity index (χ0v) is 19.0. The molecule has 1 aromatic rings. The molecule has 3 aliphatic rings. The first kappa shape index (κ1) is 21.6. The number of carbonyl (C=O) groups is 1. The van der Waals surface area contributed by atoms with Crippen molar-refractivity contribution >= 4 is 15.9 Å². The number of hydrogen-bond acceptors (Lipinski definition) is 5. The number of amides is 1. The number of hydrogen-bond donors (Lipinski definition) is 1. The number of benzene rings is 1. The van der Waals surface area contributed by atoms with E-state index in [-0.39, 0.29) is 16.7 Å². The van der Waals surface area contributed by atoms with Crippen LogP contribution in [0.1, 0.15) is 32.6 Å². The van der Waals surface area contributed by atoms with Crippen LogP contribution in [0.2, 0.25) is 0 Å². The van der Waals surface area contributed by atoms with Crippen molar-refractivity contribution in [1.29, 1.82) is 0 Å². The molecule has 3 fully saturated rings. The minimum Gasteiger partial charge on any atom is -0.497 e. The van der Waals surface area contributed by atoms with Crippen molar-refractivity contribution in [3.8, 4) is 5.75 Å². The highest BCUT2D eigenvalue weighted by molar-refractivity contribution is 7.89. The fourth-order valence-corrected chi connectivity index (χ4v) is 7.63. The SMILES string of the molecule is CCN1C[C@H]2C3(CCN(S(=O)(=O)c4ccc(OC)cc4)CC3)CC[C@@]2(C(=O)NC)C1. The predicted octanol–water partition coefficient (Wildman–Crippen LogP) is 1.94. The molecule has 1 saturated carbocycles. The van der Waals surface area contributed by atoms with E-state index >= 15 is 0 Å². The Morgan fingerprint density at radius 2 is 1.83 bits per heavy atom. The molecule has 7 nitrogen and oxygen atoms in total. The van der Waals surface area contributed by atoms with E-state index in [1.165, 1.54) is 0 Å². The Morgan fingerprint density at radius 3 is 2.40 bits per heavy atom. The molecule has 2 aliphatic heterocycles. The molecule has 2 saturated heterocycles. The predicted molar refractivity (Wildman–Crippen MR) is 115 cm³/mol. The largest absolute Gasteiger partial charge is 0.497 e. The van der Waals surface area contributed by atoms with Crippen LogP contribution in [0.15, 0.2) is 29.2 Å². The van der Waals surface area contributed by atoms with E-state index in [9.17, 15) is 13.2 Å². The molecule has 30 heavy (non-hydrogen) atoms. The van der Waals surface area contributed by atoms with Crippen LogP contribution in [-0.2, 0) is 14.8 Å². The quantitative estimate of drug-likeness (QED) is 0.765.